The van der Waals surface area contributed by atoms with Crippen LogP contribution in [0.1, 0.15) is 16.7 Å². The van der Waals surface area contributed by atoms with Gasteiger partial charge in [0.05, 0.1) is 7.11 Å². The smallest absolute Gasteiger partial charge is 0.123 e. The second kappa shape index (κ2) is 7.23. The van der Waals surface area contributed by atoms with Gasteiger partial charge in [-0.1, -0.05) is 18.2 Å². The number of likely N-dealkylation sites (N-methyl/N-ethyl adjacent to an activating group) is 1. The van der Waals surface area contributed by atoms with E-state index in [0.717, 1.165) is 24.2 Å². The maximum Gasteiger partial charge on any atom is 0.123 e. The molecule has 0 aliphatic carbocycles. The number of halogens is 1. The van der Waals surface area contributed by atoms with Crippen LogP contribution in [0.25, 0.3) is 0 Å². The number of benzene rings is 2. The van der Waals surface area contributed by atoms with Crippen molar-refractivity contribution in [2.24, 2.45) is 0 Å². The van der Waals surface area contributed by atoms with Crippen LogP contribution in [-0.4, -0.2) is 20.2 Å². The van der Waals surface area contributed by atoms with Gasteiger partial charge in [0.2, 0.25) is 0 Å². The molecule has 0 aliphatic rings. The first-order valence-electron chi connectivity index (χ1n) is 7.17. The molecule has 0 radical (unpaired) electrons. The van der Waals surface area contributed by atoms with Crippen molar-refractivity contribution < 1.29 is 9.13 Å². The molecule has 0 saturated carbocycles. The Morgan fingerprint density at radius 2 is 1.81 bits per heavy atom. The normalized spacial score (nSPS) is 12.2. The van der Waals surface area contributed by atoms with E-state index in [1.165, 1.54) is 17.2 Å². The van der Waals surface area contributed by atoms with E-state index in [4.69, 9.17) is 4.74 Å². The molecule has 21 heavy (non-hydrogen) atoms. The molecule has 0 spiro atoms. The van der Waals surface area contributed by atoms with Crippen LogP contribution >= 0.6 is 0 Å². The van der Waals surface area contributed by atoms with Crippen molar-refractivity contribution in [1.82, 2.24) is 5.32 Å². The summed E-state index contributed by atoms with van der Waals surface area (Å²) >= 11 is 0. The molecule has 1 atom stereocenters. The van der Waals surface area contributed by atoms with E-state index in [1.54, 1.807) is 13.2 Å². The monoisotopic (exact) mass is 287 g/mol. The summed E-state index contributed by atoms with van der Waals surface area (Å²) in [5.74, 6) is 0.696. The van der Waals surface area contributed by atoms with Crippen molar-refractivity contribution in [3.8, 4) is 5.75 Å². The van der Waals surface area contributed by atoms with Crippen molar-refractivity contribution in [2.75, 3.05) is 14.2 Å². The molecular weight excluding hydrogens is 265 g/mol. The third-order valence-corrected chi connectivity index (χ3v) is 3.82. The fraction of sp³-hybridized carbons (Fsp3) is 0.333. The molecule has 2 aromatic carbocycles. The highest BCUT2D eigenvalue weighted by Crippen LogP contribution is 2.16. The van der Waals surface area contributed by atoms with E-state index in [1.807, 2.05) is 32.2 Å². The first kappa shape index (κ1) is 15.5. The first-order valence-corrected chi connectivity index (χ1v) is 7.17. The van der Waals surface area contributed by atoms with Gasteiger partial charge in [-0.15, -0.1) is 0 Å². The number of hydrogen-bond donors (Lipinski definition) is 1. The predicted octanol–water partition coefficient (Wildman–Crippen LogP) is 3.52. The number of nitrogens with one attached hydrogen (secondary N) is 1. The second-order valence-corrected chi connectivity index (χ2v) is 5.31. The zero-order valence-corrected chi connectivity index (χ0v) is 12.8. The number of hydrogen-bond acceptors (Lipinski definition) is 2. The highest BCUT2D eigenvalue weighted by molar-refractivity contribution is 5.30. The first-order chi connectivity index (χ1) is 10.1. The molecule has 0 aliphatic heterocycles. The van der Waals surface area contributed by atoms with Crippen molar-refractivity contribution >= 4 is 0 Å². The van der Waals surface area contributed by atoms with Crippen LogP contribution in [0.4, 0.5) is 4.39 Å². The molecule has 0 heterocycles. The molecule has 2 nitrogen and oxygen atoms in total. The maximum atomic E-state index is 13.2. The van der Waals surface area contributed by atoms with Gasteiger partial charge < -0.3 is 10.1 Å². The lowest BCUT2D eigenvalue weighted by molar-refractivity contribution is 0.414. The molecule has 1 N–H and O–H groups in total. The van der Waals surface area contributed by atoms with Crippen LogP contribution in [0.3, 0.4) is 0 Å². The van der Waals surface area contributed by atoms with Crippen LogP contribution < -0.4 is 10.1 Å². The Hall–Kier alpha value is -1.87. The fourth-order valence-electron chi connectivity index (χ4n) is 2.48. The van der Waals surface area contributed by atoms with Gasteiger partial charge in [-0.3, -0.25) is 0 Å². The van der Waals surface area contributed by atoms with Crippen LogP contribution in [0, 0.1) is 12.7 Å². The molecule has 2 rings (SSSR count). The van der Waals surface area contributed by atoms with E-state index >= 15 is 0 Å². The molecule has 0 bridgehead atoms. The van der Waals surface area contributed by atoms with E-state index in [2.05, 4.69) is 17.4 Å². The quantitative estimate of drug-likeness (QED) is 0.878. The summed E-state index contributed by atoms with van der Waals surface area (Å²) in [4.78, 5) is 0. The average Bonchev–Trinajstić information content (AvgIpc) is 2.49. The Labute approximate surface area is 126 Å². The van der Waals surface area contributed by atoms with Crippen molar-refractivity contribution in [1.29, 1.82) is 0 Å². The number of aryl methyl sites for hydroxylation is 1. The van der Waals surface area contributed by atoms with Crippen molar-refractivity contribution in [2.45, 2.75) is 25.8 Å². The summed E-state index contributed by atoms with van der Waals surface area (Å²) in [6.45, 7) is 1.96. The van der Waals surface area contributed by atoms with E-state index in [0.29, 0.717) is 6.04 Å². The van der Waals surface area contributed by atoms with Crippen molar-refractivity contribution in [3.63, 3.8) is 0 Å². The minimum atomic E-state index is -0.174. The van der Waals surface area contributed by atoms with Gasteiger partial charge in [-0.25, -0.2) is 4.39 Å². The lowest BCUT2D eigenvalue weighted by Crippen LogP contribution is -2.30. The molecule has 2 aromatic rings. The van der Waals surface area contributed by atoms with Crippen LogP contribution in [0.5, 0.6) is 5.75 Å². The van der Waals surface area contributed by atoms with Gasteiger partial charge in [0.1, 0.15) is 11.6 Å². The van der Waals surface area contributed by atoms with Crippen LogP contribution in [-0.2, 0) is 12.8 Å². The Kier molecular flexibility index (Phi) is 5.34. The third-order valence-electron chi connectivity index (χ3n) is 3.82. The summed E-state index contributed by atoms with van der Waals surface area (Å²) in [5.41, 5.74) is 3.45. The molecule has 1 unspecified atom stereocenters. The average molecular weight is 287 g/mol. The number of rotatable bonds is 6. The standard InChI is InChI=1S/C18H22FNO/c1-13-10-16(19)7-6-15(13)12-17(20-2)11-14-4-8-18(21-3)9-5-14/h4-10,17,20H,11-12H2,1-3H3. The molecule has 0 saturated heterocycles. The zero-order valence-electron chi connectivity index (χ0n) is 12.8. The summed E-state index contributed by atoms with van der Waals surface area (Å²) < 4.78 is 18.3. The Balaban J connectivity index is 2.05. The number of ether oxygens (including phenoxy) is 1. The molecule has 3 heteroatoms. The Morgan fingerprint density at radius 3 is 2.38 bits per heavy atom. The van der Waals surface area contributed by atoms with Gasteiger partial charge in [0.15, 0.2) is 0 Å². The fourth-order valence-corrected chi connectivity index (χ4v) is 2.48. The van der Waals surface area contributed by atoms with Crippen LogP contribution in [0.2, 0.25) is 0 Å². The van der Waals surface area contributed by atoms with E-state index in [9.17, 15) is 4.39 Å². The zero-order chi connectivity index (χ0) is 15.2. The van der Waals surface area contributed by atoms with E-state index < -0.39 is 0 Å². The summed E-state index contributed by atoms with van der Waals surface area (Å²) in [6.07, 6.45) is 1.81. The molecule has 112 valence electrons. The third kappa shape index (κ3) is 4.30. The minimum absolute atomic E-state index is 0.174. The SMILES string of the molecule is CNC(Cc1ccc(OC)cc1)Cc1ccc(F)cc1C. The lowest BCUT2D eigenvalue weighted by atomic mass is 9.96. The van der Waals surface area contributed by atoms with Gasteiger partial charge in [0.25, 0.3) is 0 Å². The predicted molar refractivity (Wildman–Crippen MR) is 84.4 cm³/mol. The minimum Gasteiger partial charge on any atom is -0.497 e. The Bertz CT molecular complexity index is 580. The van der Waals surface area contributed by atoms with Crippen molar-refractivity contribution in [3.05, 3.63) is 65.0 Å². The van der Waals surface area contributed by atoms with Gasteiger partial charge in [-0.05, 0) is 67.8 Å². The molecular formula is C18H22FNO. The van der Waals surface area contributed by atoms with Crippen LogP contribution in [0.15, 0.2) is 42.5 Å². The number of methoxy groups -OCH3 is 1. The lowest BCUT2D eigenvalue weighted by Gasteiger charge is -2.18. The van der Waals surface area contributed by atoms with Gasteiger partial charge in [-0.2, -0.15) is 0 Å². The molecule has 0 fully saturated rings. The second-order valence-electron chi connectivity index (χ2n) is 5.31. The van der Waals surface area contributed by atoms with E-state index in [-0.39, 0.29) is 5.82 Å². The summed E-state index contributed by atoms with van der Waals surface area (Å²) in [5, 5.41) is 3.34. The highest BCUT2D eigenvalue weighted by Gasteiger charge is 2.10. The molecule has 0 amide bonds. The van der Waals surface area contributed by atoms with Gasteiger partial charge in [0, 0.05) is 6.04 Å². The largest absolute Gasteiger partial charge is 0.497 e. The molecule has 0 aromatic heterocycles. The highest BCUT2D eigenvalue weighted by atomic mass is 19.1. The topological polar surface area (TPSA) is 21.3 Å². The van der Waals surface area contributed by atoms with Gasteiger partial charge >= 0.3 is 0 Å². The summed E-state index contributed by atoms with van der Waals surface area (Å²) in [7, 11) is 3.63. The summed E-state index contributed by atoms with van der Waals surface area (Å²) in [6, 6.07) is 13.4. The maximum absolute atomic E-state index is 13.2. The Morgan fingerprint density at radius 1 is 1.10 bits per heavy atom.